The summed E-state index contributed by atoms with van der Waals surface area (Å²) in [5.41, 5.74) is 2.71. The maximum absolute atomic E-state index is 14.7. The van der Waals surface area contributed by atoms with Crippen LogP contribution in [0.4, 0.5) is 10.1 Å². The number of fused-ring (bicyclic) bond motifs is 1. The van der Waals surface area contributed by atoms with Gasteiger partial charge in [-0.3, -0.25) is 9.59 Å². The van der Waals surface area contributed by atoms with Crippen molar-refractivity contribution in [2.75, 3.05) is 5.32 Å². The van der Waals surface area contributed by atoms with Gasteiger partial charge in [0.15, 0.2) is 0 Å². The Bertz CT molecular complexity index is 1610. The summed E-state index contributed by atoms with van der Waals surface area (Å²) in [4.78, 5) is 29.8. The minimum Gasteiger partial charge on any atom is -0.419 e. The number of benzene rings is 3. The molecule has 0 aliphatic rings. The number of carbonyl (C=O) groups excluding carboxylic acids is 2. The van der Waals surface area contributed by atoms with Gasteiger partial charge in [-0.15, -0.1) is 10.2 Å². The van der Waals surface area contributed by atoms with Gasteiger partial charge in [-0.1, -0.05) is 30.3 Å². The molecule has 2 aromatic heterocycles. The fourth-order valence-corrected chi connectivity index (χ4v) is 4.15. The van der Waals surface area contributed by atoms with Gasteiger partial charge in [0.2, 0.25) is 17.7 Å². The molecule has 0 aliphatic heterocycles. The lowest BCUT2D eigenvalue weighted by molar-refractivity contribution is -0.114. The Labute approximate surface area is 211 Å². The molecule has 2 N–H and O–H groups in total. The number of halogens is 1. The molecule has 0 radical (unpaired) electrons. The summed E-state index contributed by atoms with van der Waals surface area (Å²) in [6.07, 6.45) is 0. The SMILES string of the molecule is CCn1c(-c2ccccc2F)nc2cc(NC(C)=O)cc(C(=O)NCc3nnc(-c4ccccc4)o3)c21. The third-order valence-corrected chi connectivity index (χ3v) is 5.73. The second-order valence-electron chi connectivity index (χ2n) is 8.28. The predicted molar refractivity (Wildman–Crippen MR) is 136 cm³/mol. The van der Waals surface area contributed by atoms with Gasteiger partial charge in [0, 0.05) is 24.7 Å². The first-order valence-corrected chi connectivity index (χ1v) is 11.7. The van der Waals surface area contributed by atoms with Gasteiger partial charge in [0.1, 0.15) is 11.6 Å². The van der Waals surface area contributed by atoms with Crippen LogP contribution in [0.2, 0.25) is 0 Å². The first-order valence-electron chi connectivity index (χ1n) is 11.7. The van der Waals surface area contributed by atoms with E-state index in [9.17, 15) is 14.0 Å². The molecule has 5 rings (SSSR count). The minimum atomic E-state index is -0.439. The van der Waals surface area contributed by atoms with Crippen LogP contribution in [0.5, 0.6) is 0 Å². The Morgan fingerprint density at radius 2 is 1.78 bits per heavy atom. The number of aromatic nitrogens is 4. The molecular formula is C27H23FN6O3. The molecule has 186 valence electrons. The second kappa shape index (κ2) is 10.0. The molecule has 2 amide bonds. The second-order valence-corrected chi connectivity index (χ2v) is 8.28. The number of hydrogen-bond donors (Lipinski definition) is 2. The van der Waals surface area contributed by atoms with E-state index in [2.05, 4.69) is 25.8 Å². The first kappa shape index (κ1) is 23.9. The molecule has 0 fully saturated rings. The van der Waals surface area contributed by atoms with Gasteiger partial charge >= 0.3 is 0 Å². The van der Waals surface area contributed by atoms with Crippen molar-refractivity contribution in [2.45, 2.75) is 26.9 Å². The van der Waals surface area contributed by atoms with Crippen molar-refractivity contribution >= 4 is 28.5 Å². The molecule has 10 heteroatoms. The zero-order chi connectivity index (χ0) is 25.9. The van der Waals surface area contributed by atoms with Gasteiger partial charge in [-0.05, 0) is 43.3 Å². The highest BCUT2D eigenvalue weighted by molar-refractivity contribution is 6.08. The van der Waals surface area contributed by atoms with E-state index >= 15 is 0 Å². The molecule has 3 aromatic carbocycles. The van der Waals surface area contributed by atoms with E-state index in [1.807, 2.05) is 37.3 Å². The Hall–Kier alpha value is -4.86. The van der Waals surface area contributed by atoms with E-state index in [-0.39, 0.29) is 23.9 Å². The Kier molecular flexibility index (Phi) is 6.46. The fourth-order valence-electron chi connectivity index (χ4n) is 4.15. The summed E-state index contributed by atoms with van der Waals surface area (Å²) in [5.74, 6) is -0.197. The summed E-state index contributed by atoms with van der Waals surface area (Å²) >= 11 is 0. The number of aryl methyl sites for hydroxylation is 1. The van der Waals surface area contributed by atoms with Crippen molar-refractivity contribution in [1.29, 1.82) is 0 Å². The van der Waals surface area contributed by atoms with E-state index in [1.54, 1.807) is 34.9 Å². The molecule has 9 nitrogen and oxygen atoms in total. The average Bonchev–Trinajstić information content (AvgIpc) is 3.52. The summed E-state index contributed by atoms with van der Waals surface area (Å²) < 4.78 is 22.1. The highest BCUT2D eigenvalue weighted by atomic mass is 19.1. The summed E-state index contributed by atoms with van der Waals surface area (Å²) in [6, 6.07) is 18.9. The lowest BCUT2D eigenvalue weighted by Gasteiger charge is -2.12. The van der Waals surface area contributed by atoms with E-state index < -0.39 is 11.7 Å². The van der Waals surface area contributed by atoms with E-state index in [0.717, 1.165) is 5.56 Å². The minimum absolute atomic E-state index is 0.00897. The number of anilines is 1. The smallest absolute Gasteiger partial charge is 0.253 e. The van der Waals surface area contributed by atoms with Crippen LogP contribution in [0.25, 0.3) is 33.9 Å². The summed E-state index contributed by atoms with van der Waals surface area (Å²) in [6.45, 7) is 3.69. The van der Waals surface area contributed by atoms with Gasteiger partial charge in [-0.2, -0.15) is 0 Å². The molecule has 0 spiro atoms. The van der Waals surface area contributed by atoms with Crippen LogP contribution in [-0.2, 0) is 17.9 Å². The molecule has 5 aromatic rings. The molecule has 0 saturated carbocycles. The Morgan fingerprint density at radius 3 is 2.51 bits per heavy atom. The van der Waals surface area contributed by atoms with E-state index in [4.69, 9.17) is 4.42 Å². The van der Waals surface area contributed by atoms with Crippen molar-refractivity contribution in [3.8, 4) is 22.8 Å². The molecule has 2 heterocycles. The monoisotopic (exact) mass is 498 g/mol. The third-order valence-electron chi connectivity index (χ3n) is 5.73. The van der Waals surface area contributed by atoms with Crippen LogP contribution in [0.1, 0.15) is 30.1 Å². The van der Waals surface area contributed by atoms with Crippen molar-refractivity contribution in [1.82, 2.24) is 25.1 Å². The number of carbonyl (C=O) groups is 2. The topological polar surface area (TPSA) is 115 Å². The fraction of sp³-hybridized carbons (Fsp3) is 0.148. The normalized spacial score (nSPS) is 11.0. The predicted octanol–water partition coefficient (Wildman–Crippen LogP) is 4.80. The zero-order valence-corrected chi connectivity index (χ0v) is 20.2. The quantitative estimate of drug-likeness (QED) is 0.333. The zero-order valence-electron chi connectivity index (χ0n) is 20.2. The maximum atomic E-state index is 14.7. The van der Waals surface area contributed by atoms with E-state index in [0.29, 0.717) is 40.5 Å². The molecule has 0 saturated heterocycles. The van der Waals surface area contributed by atoms with Gasteiger partial charge in [-0.25, -0.2) is 9.37 Å². The van der Waals surface area contributed by atoms with Gasteiger partial charge in [0.25, 0.3) is 5.91 Å². The van der Waals surface area contributed by atoms with Crippen molar-refractivity contribution in [3.05, 3.63) is 84.0 Å². The number of nitrogens with one attached hydrogen (secondary N) is 2. The van der Waals surface area contributed by atoms with Crippen LogP contribution in [0, 0.1) is 5.82 Å². The van der Waals surface area contributed by atoms with Crippen molar-refractivity contribution < 1.29 is 18.4 Å². The number of hydrogen-bond acceptors (Lipinski definition) is 6. The van der Waals surface area contributed by atoms with Crippen molar-refractivity contribution in [3.63, 3.8) is 0 Å². The average molecular weight is 499 g/mol. The third kappa shape index (κ3) is 4.81. The van der Waals surface area contributed by atoms with E-state index in [1.165, 1.54) is 13.0 Å². The molecule has 37 heavy (non-hydrogen) atoms. The Balaban J connectivity index is 1.52. The standard InChI is InChI=1S/C27H23FN6O3/c1-3-34-24-20(26(36)29-15-23-32-33-27(37-23)17-9-5-4-6-10-17)13-18(30-16(2)35)14-22(24)31-25(34)19-11-7-8-12-21(19)28/h4-14H,3,15H2,1-2H3,(H,29,36)(H,30,35). The molecule has 0 aliphatic carbocycles. The molecule has 0 bridgehead atoms. The number of nitrogens with zero attached hydrogens (tertiary/aromatic N) is 4. The lowest BCUT2D eigenvalue weighted by Crippen LogP contribution is -2.24. The first-order chi connectivity index (χ1) is 17.9. The number of imidazole rings is 1. The number of rotatable bonds is 7. The molecular weight excluding hydrogens is 475 g/mol. The molecule has 0 atom stereocenters. The van der Waals surface area contributed by atoms with Crippen LogP contribution < -0.4 is 10.6 Å². The largest absolute Gasteiger partial charge is 0.419 e. The lowest BCUT2D eigenvalue weighted by atomic mass is 10.1. The Morgan fingerprint density at radius 1 is 1.03 bits per heavy atom. The maximum Gasteiger partial charge on any atom is 0.253 e. The van der Waals surface area contributed by atoms with Crippen LogP contribution in [-0.4, -0.2) is 31.6 Å². The van der Waals surface area contributed by atoms with Crippen LogP contribution in [0.3, 0.4) is 0 Å². The number of amides is 2. The van der Waals surface area contributed by atoms with Crippen LogP contribution in [0.15, 0.2) is 71.1 Å². The van der Waals surface area contributed by atoms with Crippen LogP contribution >= 0.6 is 0 Å². The summed E-state index contributed by atoms with van der Waals surface area (Å²) in [5, 5.41) is 13.6. The molecule has 0 unspecified atom stereocenters. The highest BCUT2D eigenvalue weighted by Gasteiger charge is 2.22. The van der Waals surface area contributed by atoms with Crippen molar-refractivity contribution in [2.24, 2.45) is 0 Å². The highest BCUT2D eigenvalue weighted by Crippen LogP contribution is 2.31. The summed E-state index contributed by atoms with van der Waals surface area (Å²) in [7, 11) is 0. The van der Waals surface area contributed by atoms with Gasteiger partial charge < -0.3 is 19.6 Å². The van der Waals surface area contributed by atoms with Gasteiger partial charge in [0.05, 0.1) is 28.7 Å².